The van der Waals surface area contributed by atoms with Crippen molar-refractivity contribution in [3.63, 3.8) is 0 Å². The smallest absolute Gasteiger partial charge is 0.195 e. The summed E-state index contributed by atoms with van der Waals surface area (Å²) in [6.07, 6.45) is 0. The lowest BCUT2D eigenvalue weighted by Crippen LogP contribution is -2.00. The summed E-state index contributed by atoms with van der Waals surface area (Å²) >= 11 is 0. The van der Waals surface area contributed by atoms with Crippen LogP contribution in [0.3, 0.4) is 0 Å². The van der Waals surface area contributed by atoms with E-state index in [0.717, 1.165) is 144 Å². The zero-order valence-corrected chi connectivity index (χ0v) is 62.3. The van der Waals surface area contributed by atoms with Crippen molar-refractivity contribution in [1.82, 2.24) is 48.2 Å². The molecule has 0 aliphatic carbocycles. The molecule has 0 saturated carbocycles. The summed E-state index contributed by atoms with van der Waals surface area (Å²) < 4.78 is 9.57. The van der Waals surface area contributed by atoms with Gasteiger partial charge in [-0.05, 0) is 113 Å². The van der Waals surface area contributed by atoms with E-state index in [1.54, 1.807) is 0 Å². The summed E-state index contributed by atoms with van der Waals surface area (Å²) in [4.78, 5) is 33.5. The Balaban J connectivity index is 0.000000145. The van der Waals surface area contributed by atoms with E-state index in [2.05, 4.69) is 260 Å². The van der Waals surface area contributed by atoms with E-state index in [4.69, 9.17) is 36.5 Å². The van der Waals surface area contributed by atoms with Crippen LogP contribution in [-0.2, 0) is 0 Å². The summed E-state index contributed by atoms with van der Waals surface area (Å²) in [7, 11) is 0. The lowest BCUT2D eigenvalue weighted by Gasteiger charge is -2.13. The average molecular weight is 1480 g/mol. The highest BCUT2D eigenvalue weighted by molar-refractivity contribution is 6.26. The van der Waals surface area contributed by atoms with Crippen LogP contribution >= 0.6 is 0 Å². The van der Waals surface area contributed by atoms with Crippen molar-refractivity contribution < 1.29 is 0 Å². The second kappa shape index (κ2) is 28.5. The van der Waals surface area contributed by atoms with Crippen LogP contribution in [0.25, 0.3) is 205 Å². The zero-order valence-electron chi connectivity index (χ0n) is 62.3. The summed E-state index contributed by atoms with van der Waals surface area (Å²) in [6.45, 7) is 8.39. The first-order valence-electron chi connectivity index (χ1n) is 38.5. The molecule has 0 amide bonds. The molecule has 0 spiro atoms. The maximum Gasteiger partial charge on any atom is 0.195 e. The summed E-state index contributed by atoms with van der Waals surface area (Å²) in [5.41, 5.74) is 23.1. The van der Waals surface area contributed by atoms with Crippen LogP contribution in [0, 0.1) is 17.9 Å². The molecule has 6 aromatic heterocycles. The molecular formula is C104H64N12. The van der Waals surface area contributed by atoms with Crippen molar-refractivity contribution in [1.29, 1.82) is 5.26 Å². The van der Waals surface area contributed by atoms with Gasteiger partial charge in [-0.15, -0.1) is 0 Å². The van der Waals surface area contributed by atoms with Crippen LogP contribution in [0.2, 0.25) is 0 Å². The van der Waals surface area contributed by atoms with Crippen LogP contribution in [-0.4, -0.2) is 48.2 Å². The Morgan fingerprint density at radius 3 is 0.897 bits per heavy atom. The van der Waals surface area contributed by atoms with Gasteiger partial charge in [0, 0.05) is 99.2 Å². The molecule has 0 unspecified atom stereocenters. The molecule has 22 rings (SSSR count). The number of hydrogen-bond donors (Lipinski definition) is 0. The van der Waals surface area contributed by atoms with Gasteiger partial charge in [0.15, 0.2) is 40.6 Å². The van der Waals surface area contributed by atoms with Crippen LogP contribution < -0.4 is 0 Å². The molecule has 0 bridgehead atoms. The fraction of sp³-hybridized carbons (Fsp3) is 0. The molecule has 0 N–H and O–H groups in total. The highest BCUT2D eigenvalue weighted by Gasteiger charge is 2.26. The number of hydrogen-bond acceptors (Lipinski definition) is 7. The van der Waals surface area contributed by atoms with E-state index in [1.807, 2.05) is 158 Å². The maximum absolute atomic E-state index is 10.7. The second-order valence-corrected chi connectivity index (χ2v) is 28.7. The number of nitriles is 1. The predicted molar refractivity (Wildman–Crippen MR) is 471 cm³/mol. The molecule has 116 heavy (non-hydrogen) atoms. The Morgan fingerprint density at radius 2 is 0.509 bits per heavy atom. The van der Waals surface area contributed by atoms with E-state index >= 15 is 0 Å². The lowest BCUT2D eigenvalue weighted by molar-refractivity contribution is 1.07. The molecule has 22 aromatic rings. The highest BCUT2D eigenvalue weighted by Crippen LogP contribution is 2.47. The average Bonchev–Trinajstić information content (AvgIpc) is 1.55. The molecule has 0 aliphatic rings. The number of benzene rings is 16. The molecule has 0 fully saturated rings. The van der Waals surface area contributed by atoms with Gasteiger partial charge in [0.1, 0.15) is 0 Å². The van der Waals surface area contributed by atoms with Gasteiger partial charge < -0.3 is 18.3 Å². The third kappa shape index (κ3) is 11.7. The molecule has 12 heteroatoms. The van der Waals surface area contributed by atoms with E-state index in [9.17, 15) is 5.26 Å². The molecular weight excluding hydrogens is 1420 g/mol. The molecule has 540 valence electrons. The van der Waals surface area contributed by atoms with Gasteiger partial charge in [-0.3, -0.25) is 0 Å². The summed E-state index contributed by atoms with van der Waals surface area (Å²) in [5, 5.41) is 20.0. The highest BCUT2D eigenvalue weighted by atomic mass is 15.1. The van der Waals surface area contributed by atoms with Gasteiger partial charge in [-0.1, -0.05) is 297 Å². The normalized spacial score (nSPS) is 11.4. The van der Waals surface area contributed by atoms with Gasteiger partial charge in [0.2, 0.25) is 0 Å². The molecule has 16 aromatic carbocycles. The van der Waals surface area contributed by atoms with Gasteiger partial charge in [-0.25, -0.2) is 34.7 Å². The number of nitrogens with zero attached hydrogens (tertiary/aromatic N) is 12. The predicted octanol–water partition coefficient (Wildman–Crippen LogP) is 25.9. The second-order valence-electron chi connectivity index (χ2n) is 28.7. The van der Waals surface area contributed by atoms with E-state index < -0.39 is 0 Å². The van der Waals surface area contributed by atoms with Crippen LogP contribution in [0.5, 0.6) is 0 Å². The quantitative estimate of drug-likeness (QED) is 0.112. The number of rotatable bonds is 12. The van der Waals surface area contributed by atoms with Crippen molar-refractivity contribution >= 4 is 92.9 Å². The summed E-state index contributed by atoms with van der Waals surface area (Å²) in [6, 6.07) is 136. The van der Waals surface area contributed by atoms with E-state index in [0.29, 0.717) is 46.2 Å². The standard InChI is InChI=1S/2C52H32N6/c1-53-45-32-37(52-55-50(34-16-6-2-7-17-34)54-51(56-52)35-18-8-3-9-19-35)27-28-40(45)36-26-29-42-44-31-30-43-41-24-14-15-25-46(41)57(38-20-10-4-11-21-38)48(43)49(44)58(47(42)33-36)39-22-12-5-13-23-39;53-33-38-31-37(52-55-50(34-15-5-1-6-16-34)54-51(56-52)35-17-7-2-8-18-35)25-27-41(38)36-26-30-47-45(32-36)44-29-28-43-42-23-13-14-24-46(42)57(39-19-9-3-10-20-39)48(43)49(44)58(47)40-21-11-4-12-22-40/h2-33H;1-32H. The molecule has 12 nitrogen and oxygen atoms in total. The fourth-order valence-corrected chi connectivity index (χ4v) is 16.7. The van der Waals surface area contributed by atoms with Gasteiger partial charge in [0.25, 0.3) is 0 Å². The first-order chi connectivity index (χ1) is 57.5. The minimum absolute atomic E-state index is 0.509. The Labute approximate surface area is 666 Å². The van der Waals surface area contributed by atoms with Crippen molar-refractivity contribution in [3.8, 4) is 119 Å². The van der Waals surface area contributed by atoms with Crippen molar-refractivity contribution in [3.05, 3.63) is 405 Å². The van der Waals surface area contributed by atoms with Crippen molar-refractivity contribution in [2.45, 2.75) is 0 Å². The SMILES string of the molecule is N#Cc1cc(-c2nc(-c3ccccc3)nc(-c3ccccc3)n2)ccc1-c1ccc2c(c1)c1ccc3c4ccccc4n(-c4ccccc4)c3c1n2-c1ccccc1.[C-]#[N+]c1cc(-c2nc(-c3ccccc3)nc(-c3ccccc3)n2)ccc1-c1ccc2c3ccc4c5ccccc5n(-c5ccccc5)c4c3n(-c3ccccc3)c2c1. The third-order valence-electron chi connectivity index (χ3n) is 22.0. The molecule has 0 radical (unpaired) electrons. The zero-order chi connectivity index (χ0) is 77.2. The van der Waals surface area contributed by atoms with Gasteiger partial charge >= 0.3 is 0 Å². The number of fused-ring (bicyclic) bond motifs is 14. The van der Waals surface area contributed by atoms with E-state index in [-0.39, 0.29) is 0 Å². The number of aromatic nitrogens is 10. The van der Waals surface area contributed by atoms with Gasteiger partial charge in [0.05, 0.1) is 62.3 Å². The molecule has 0 saturated heterocycles. The Morgan fingerprint density at radius 1 is 0.224 bits per heavy atom. The Kier molecular flexibility index (Phi) is 16.7. The fourth-order valence-electron chi connectivity index (χ4n) is 16.7. The van der Waals surface area contributed by atoms with Crippen LogP contribution in [0.4, 0.5) is 5.69 Å². The summed E-state index contributed by atoms with van der Waals surface area (Å²) in [5.74, 6) is 3.34. The largest absolute Gasteiger partial charge is 0.307 e. The molecule has 0 aliphatic heterocycles. The van der Waals surface area contributed by atoms with Crippen molar-refractivity contribution in [2.24, 2.45) is 0 Å². The maximum atomic E-state index is 10.7. The van der Waals surface area contributed by atoms with Crippen LogP contribution in [0.15, 0.2) is 388 Å². The van der Waals surface area contributed by atoms with Crippen LogP contribution in [0.1, 0.15) is 5.56 Å². The molecule has 6 heterocycles. The first-order valence-corrected chi connectivity index (χ1v) is 38.5. The Hall–Kier alpha value is -16.3. The molecule has 0 atom stereocenters. The topological polar surface area (TPSA) is 125 Å². The van der Waals surface area contributed by atoms with Gasteiger partial charge in [-0.2, -0.15) is 5.26 Å². The first kappa shape index (κ1) is 67.8. The third-order valence-corrected chi connectivity index (χ3v) is 22.0. The Bertz CT molecular complexity index is 7440. The number of para-hydroxylation sites is 6. The lowest BCUT2D eigenvalue weighted by atomic mass is 9.96. The minimum atomic E-state index is 0.509. The van der Waals surface area contributed by atoms with Crippen molar-refractivity contribution in [2.75, 3.05) is 0 Å². The van der Waals surface area contributed by atoms with E-state index in [1.165, 1.54) is 21.5 Å². The minimum Gasteiger partial charge on any atom is -0.307 e. The monoisotopic (exact) mass is 1480 g/mol.